The molecule has 0 aromatic heterocycles. The maximum Gasteiger partial charge on any atom is 0.311 e. The second kappa shape index (κ2) is 7.17. The number of rotatable bonds is 4. The van der Waals surface area contributed by atoms with Crippen LogP contribution in [0.3, 0.4) is 0 Å². The molecule has 0 unspecified atom stereocenters. The SMILES string of the molecule is CCC(=O)Nc1cc2c(cc1OC)[C@@]1(C)CCC[C@](C)(C(=O)OC)[C@@H]1CC2. The van der Waals surface area contributed by atoms with E-state index >= 15 is 0 Å². The third-order valence-corrected chi connectivity index (χ3v) is 6.92. The molecule has 2 aliphatic rings. The van der Waals surface area contributed by atoms with E-state index in [9.17, 15) is 9.59 Å². The van der Waals surface area contributed by atoms with Gasteiger partial charge in [-0.3, -0.25) is 9.59 Å². The van der Waals surface area contributed by atoms with E-state index in [1.165, 1.54) is 18.2 Å². The Labute approximate surface area is 161 Å². The van der Waals surface area contributed by atoms with Gasteiger partial charge in [0, 0.05) is 6.42 Å². The number of amides is 1. The molecule has 1 aromatic rings. The van der Waals surface area contributed by atoms with Crippen LogP contribution in [0.5, 0.6) is 5.75 Å². The lowest BCUT2D eigenvalue weighted by atomic mass is 9.50. The first-order valence-corrected chi connectivity index (χ1v) is 9.89. The molecule has 5 nitrogen and oxygen atoms in total. The van der Waals surface area contributed by atoms with Crippen LogP contribution in [0.4, 0.5) is 5.69 Å². The minimum Gasteiger partial charge on any atom is -0.495 e. The molecule has 0 saturated heterocycles. The second-order valence-corrected chi connectivity index (χ2v) is 8.38. The van der Waals surface area contributed by atoms with Crippen LogP contribution in [0.15, 0.2) is 12.1 Å². The zero-order chi connectivity index (χ0) is 19.8. The Balaban J connectivity index is 2.07. The summed E-state index contributed by atoms with van der Waals surface area (Å²) in [6, 6.07) is 4.14. The van der Waals surface area contributed by atoms with Crippen LogP contribution >= 0.6 is 0 Å². The summed E-state index contributed by atoms with van der Waals surface area (Å²) >= 11 is 0. The molecular weight excluding hydrogens is 342 g/mol. The van der Waals surface area contributed by atoms with Gasteiger partial charge in [0.1, 0.15) is 5.75 Å². The fraction of sp³-hybridized carbons (Fsp3) is 0.636. The van der Waals surface area contributed by atoms with Gasteiger partial charge in [-0.2, -0.15) is 0 Å². The molecule has 0 aliphatic heterocycles. The normalized spacial score (nSPS) is 29.3. The van der Waals surface area contributed by atoms with Crippen LogP contribution in [-0.4, -0.2) is 26.1 Å². The number of esters is 1. The van der Waals surface area contributed by atoms with E-state index in [4.69, 9.17) is 9.47 Å². The number of hydrogen-bond donors (Lipinski definition) is 1. The minimum absolute atomic E-state index is 0.0240. The molecule has 27 heavy (non-hydrogen) atoms. The van der Waals surface area contributed by atoms with Crippen LogP contribution in [0.25, 0.3) is 0 Å². The molecular formula is C22H31NO4. The summed E-state index contributed by atoms with van der Waals surface area (Å²) in [5.41, 5.74) is 2.67. The summed E-state index contributed by atoms with van der Waals surface area (Å²) in [6.45, 7) is 6.18. The largest absolute Gasteiger partial charge is 0.495 e. The second-order valence-electron chi connectivity index (χ2n) is 8.38. The van der Waals surface area contributed by atoms with Crippen LogP contribution in [-0.2, 0) is 26.2 Å². The first-order chi connectivity index (χ1) is 12.8. The van der Waals surface area contributed by atoms with E-state index < -0.39 is 5.41 Å². The van der Waals surface area contributed by atoms with E-state index in [-0.39, 0.29) is 23.2 Å². The van der Waals surface area contributed by atoms with Crippen molar-refractivity contribution >= 4 is 17.6 Å². The Morgan fingerprint density at radius 2 is 1.96 bits per heavy atom. The van der Waals surface area contributed by atoms with Crippen LogP contribution in [0.2, 0.25) is 0 Å². The van der Waals surface area contributed by atoms with Gasteiger partial charge in [-0.05, 0) is 67.2 Å². The maximum absolute atomic E-state index is 12.6. The quantitative estimate of drug-likeness (QED) is 0.802. The molecule has 0 spiro atoms. The molecule has 0 bridgehead atoms. The van der Waals surface area contributed by atoms with Crippen LogP contribution in [0, 0.1) is 11.3 Å². The molecule has 3 atom stereocenters. The summed E-state index contributed by atoms with van der Waals surface area (Å²) < 4.78 is 10.8. The van der Waals surface area contributed by atoms with Gasteiger partial charge in [-0.15, -0.1) is 0 Å². The number of fused-ring (bicyclic) bond motifs is 3. The zero-order valence-electron chi connectivity index (χ0n) is 17.1. The van der Waals surface area contributed by atoms with Gasteiger partial charge in [0.2, 0.25) is 5.91 Å². The highest BCUT2D eigenvalue weighted by atomic mass is 16.5. The fourth-order valence-corrected chi connectivity index (χ4v) is 5.48. The van der Waals surface area contributed by atoms with Crippen molar-refractivity contribution in [3.63, 3.8) is 0 Å². The molecule has 1 N–H and O–H groups in total. The Kier molecular flexibility index (Phi) is 5.24. The molecule has 1 aromatic carbocycles. The molecule has 1 fully saturated rings. The molecule has 1 saturated carbocycles. The highest BCUT2D eigenvalue weighted by Gasteiger charge is 2.55. The van der Waals surface area contributed by atoms with Gasteiger partial charge in [0.25, 0.3) is 0 Å². The number of anilines is 1. The van der Waals surface area contributed by atoms with E-state index in [1.54, 1.807) is 7.11 Å². The van der Waals surface area contributed by atoms with Crippen molar-refractivity contribution in [2.75, 3.05) is 19.5 Å². The van der Waals surface area contributed by atoms with Crippen molar-refractivity contribution in [2.24, 2.45) is 11.3 Å². The number of methoxy groups -OCH3 is 2. The highest BCUT2D eigenvalue weighted by Crippen LogP contribution is 2.58. The summed E-state index contributed by atoms with van der Waals surface area (Å²) in [4.78, 5) is 24.5. The maximum atomic E-state index is 12.6. The van der Waals surface area contributed by atoms with Gasteiger partial charge in [0.15, 0.2) is 0 Å². The number of benzene rings is 1. The van der Waals surface area contributed by atoms with Gasteiger partial charge >= 0.3 is 5.97 Å². The van der Waals surface area contributed by atoms with Crippen molar-refractivity contribution in [2.45, 2.75) is 64.7 Å². The Hall–Kier alpha value is -2.04. The van der Waals surface area contributed by atoms with Gasteiger partial charge in [-0.25, -0.2) is 0 Å². The average Bonchev–Trinajstić information content (AvgIpc) is 2.66. The van der Waals surface area contributed by atoms with Crippen molar-refractivity contribution < 1.29 is 19.1 Å². The zero-order valence-corrected chi connectivity index (χ0v) is 17.1. The van der Waals surface area contributed by atoms with Gasteiger partial charge in [-0.1, -0.05) is 20.3 Å². The smallest absolute Gasteiger partial charge is 0.311 e. The summed E-state index contributed by atoms with van der Waals surface area (Å²) in [7, 11) is 3.12. The molecule has 2 aliphatic carbocycles. The molecule has 5 heteroatoms. The number of carbonyl (C=O) groups is 2. The highest BCUT2D eigenvalue weighted by molar-refractivity contribution is 5.92. The Morgan fingerprint density at radius 1 is 1.22 bits per heavy atom. The van der Waals surface area contributed by atoms with E-state index in [2.05, 4.69) is 31.3 Å². The summed E-state index contributed by atoms with van der Waals surface area (Å²) in [6.07, 6.45) is 5.17. The summed E-state index contributed by atoms with van der Waals surface area (Å²) in [5, 5.41) is 2.95. The lowest BCUT2D eigenvalue weighted by Gasteiger charge is -2.54. The lowest BCUT2D eigenvalue weighted by Crippen LogP contribution is -2.52. The van der Waals surface area contributed by atoms with Crippen molar-refractivity contribution in [3.05, 3.63) is 23.3 Å². The third kappa shape index (κ3) is 3.11. The third-order valence-electron chi connectivity index (χ3n) is 6.92. The average molecular weight is 373 g/mol. The number of nitrogens with one attached hydrogen (secondary N) is 1. The molecule has 0 heterocycles. The standard InChI is InChI=1S/C22H31NO4/c1-6-19(24)23-16-12-14-8-9-18-21(2,15(14)13-17(16)26-4)10-7-11-22(18,3)20(25)27-5/h12-13,18H,6-11H2,1-5H3,(H,23,24)/t18-,21-,22+/m1/s1. The topological polar surface area (TPSA) is 64.6 Å². The molecule has 148 valence electrons. The molecule has 0 radical (unpaired) electrons. The summed E-state index contributed by atoms with van der Waals surface area (Å²) in [5.74, 6) is 0.798. The fourth-order valence-electron chi connectivity index (χ4n) is 5.48. The Morgan fingerprint density at radius 3 is 2.59 bits per heavy atom. The van der Waals surface area contributed by atoms with Crippen molar-refractivity contribution in [1.29, 1.82) is 0 Å². The van der Waals surface area contributed by atoms with E-state index in [0.717, 1.165) is 37.8 Å². The monoisotopic (exact) mass is 373 g/mol. The lowest BCUT2D eigenvalue weighted by molar-refractivity contribution is -0.161. The first-order valence-electron chi connectivity index (χ1n) is 9.89. The molecule has 1 amide bonds. The van der Waals surface area contributed by atoms with Gasteiger partial charge in [0.05, 0.1) is 25.3 Å². The van der Waals surface area contributed by atoms with Crippen LogP contribution < -0.4 is 10.1 Å². The van der Waals surface area contributed by atoms with Crippen molar-refractivity contribution in [3.8, 4) is 5.75 Å². The predicted octanol–water partition coefficient (Wildman–Crippen LogP) is 4.23. The number of aryl methyl sites for hydroxylation is 1. The number of hydrogen-bond acceptors (Lipinski definition) is 4. The van der Waals surface area contributed by atoms with Crippen molar-refractivity contribution in [1.82, 2.24) is 0 Å². The number of carbonyl (C=O) groups excluding carboxylic acids is 2. The first kappa shape index (κ1) is 19.7. The molecule has 3 rings (SSSR count). The number of ether oxygens (including phenoxy) is 2. The van der Waals surface area contributed by atoms with E-state index in [1.807, 2.05) is 6.92 Å². The van der Waals surface area contributed by atoms with Gasteiger partial charge < -0.3 is 14.8 Å². The van der Waals surface area contributed by atoms with Crippen LogP contribution in [0.1, 0.15) is 64.0 Å². The predicted molar refractivity (Wildman–Crippen MR) is 105 cm³/mol. The Bertz CT molecular complexity index is 759. The minimum atomic E-state index is -0.457. The van der Waals surface area contributed by atoms with E-state index in [0.29, 0.717) is 12.2 Å².